The molecule has 304 valence electrons. The van der Waals surface area contributed by atoms with Crippen LogP contribution in [-0.4, -0.2) is 112 Å². The van der Waals surface area contributed by atoms with Crippen LogP contribution in [0.3, 0.4) is 0 Å². The van der Waals surface area contributed by atoms with Gasteiger partial charge in [0.05, 0.1) is 35.3 Å². The van der Waals surface area contributed by atoms with Crippen molar-refractivity contribution in [1.29, 1.82) is 0 Å². The minimum atomic E-state index is -1.34. The number of carbonyl (C=O) groups is 2. The summed E-state index contributed by atoms with van der Waals surface area (Å²) in [4.78, 5) is 69.8. The summed E-state index contributed by atoms with van der Waals surface area (Å²) in [7, 11) is 2.87. The third kappa shape index (κ3) is 7.72. The third-order valence-electron chi connectivity index (χ3n) is 10.3. The zero-order valence-electron chi connectivity index (χ0n) is 31.0. The van der Waals surface area contributed by atoms with E-state index in [4.69, 9.17) is 21.1 Å². The second-order valence-corrected chi connectivity index (χ2v) is 14.1. The Morgan fingerprint density at radius 3 is 1.42 bits per heavy atom. The number of aromatic carboxylic acids is 2. The minimum Gasteiger partial charge on any atom is -0.477 e. The van der Waals surface area contributed by atoms with Crippen molar-refractivity contribution in [1.82, 2.24) is 19.1 Å². The maximum Gasteiger partial charge on any atom is 0.341 e. The average Bonchev–Trinajstić information content (AvgIpc) is 4.11. The Kier molecular flexibility index (Phi) is 11.5. The van der Waals surface area contributed by atoms with E-state index in [9.17, 15) is 38.2 Å². The molecular weight excluding hydrogens is 754 g/mol. The second kappa shape index (κ2) is 16.2. The Labute approximate surface area is 322 Å². The van der Waals surface area contributed by atoms with Gasteiger partial charge >= 0.3 is 11.9 Å². The molecule has 4 aliphatic rings. The lowest BCUT2D eigenvalue weighted by Crippen LogP contribution is -2.26. The molecule has 2 saturated heterocycles. The number of hydrogen-bond acceptors (Lipinski definition) is 14. The number of hydrogen-bond donors (Lipinski definition) is 4. The topological polar surface area (TPSA) is 278 Å². The predicted molar refractivity (Wildman–Crippen MR) is 204 cm³/mol. The first-order valence-corrected chi connectivity index (χ1v) is 18.0. The number of anilines is 2. The van der Waals surface area contributed by atoms with E-state index in [-0.39, 0.29) is 74.2 Å². The zero-order valence-corrected chi connectivity index (χ0v) is 31.0. The quantitative estimate of drug-likeness (QED) is 0.164. The van der Waals surface area contributed by atoms with Gasteiger partial charge in [-0.25, -0.2) is 28.3 Å². The number of carboxylic acids is 2. The highest BCUT2D eigenvalue weighted by molar-refractivity contribution is 5.96. The molecule has 57 heavy (non-hydrogen) atoms. The molecule has 8 rings (SSSR count). The minimum absolute atomic E-state index is 0. The lowest BCUT2D eigenvalue weighted by atomic mass is 10.1. The summed E-state index contributed by atoms with van der Waals surface area (Å²) in [6, 6.07) is 2.28. The van der Waals surface area contributed by atoms with Crippen LogP contribution in [0.1, 0.15) is 58.5 Å². The molecule has 2 aliphatic heterocycles. The third-order valence-corrected chi connectivity index (χ3v) is 10.3. The van der Waals surface area contributed by atoms with Gasteiger partial charge in [-0.05, 0) is 37.8 Å². The fourth-order valence-electron chi connectivity index (χ4n) is 7.19. The van der Waals surface area contributed by atoms with Crippen LogP contribution in [0, 0.1) is 23.5 Å². The van der Waals surface area contributed by atoms with Gasteiger partial charge in [0.25, 0.3) is 0 Å². The molecule has 0 bridgehead atoms. The monoisotopic (exact) mass is 796 g/mol. The van der Waals surface area contributed by atoms with Crippen LogP contribution in [0.5, 0.6) is 0 Å². The first kappa shape index (κ1) is 40.6. The van der Waals surface area contributed by atoms with Gasteiger partial charge in [0.2, 0.25) is 10.9 Å². The van der Waals surface area contributed by atoms with Crippen molar-refractivity contribution in [2.45, 2.75) is 37.8 Å². The molecule has 0 spiro atoms. The van der Waals surface area contributed by atoms with Crippen LogP contribution >= 0.6 is 0 Å². The van der Waals surface area contributed by atoms with Gasteiger partial charge in [-0.15, -0.1) is 0 Å². The van der Waals surface area contributed by atoms with Crippen molar-refractivity contribution < 1.29 is 43.7 Å². The molecule has 0 aromatic carbocycles. The molecule has 2 atom stereocenters. The molecule has 0 radical (unpaired) electrons. The van der Waals surface area contributed by atoms with Gasteiger partial charge in [-0.2, -0.15) is 0 Å². The number of pyridine rings is 4. The summed E-state index contributed by atoms with van der Waals surface area (Å²) < 4.78 is 33.1. The molecule has 6 heterocycles. The Bertz CT molecular complexity index is 2260. The van der Waals surface area contributed by atoms with Crippen molar-refractivity contribution in [2.24, 2.45) is 33.6 Å². The summed E-state index contributed by atoms with van der Waals surface area (Å²) in [6.45, 7) is 2.15. The first-order valence-electron chi connectivity index (χ1n) is 18.0. The summed E-state index contributed by atoms with van der Waals surface area (Å²) in [6.07, 6.45) is 6.04. The van der Waals surface area contributed by atoms with E-state index in [0.717, 1.165) is 37.8 Å². The van der Waals surface area contributed by atoms with E-state index in [1.165, 1.54) is 26.6 Å². The number of halogens is 2. The normalized spacial score (nSPS) is 20.5. The highest BCUT2D eigenvalue weighted by Gasteiger charge is 2.35. The second-order valence-electron chi connectivity index (χ2n) is 14.1. The molecule has 0 unspecified atom stereocenters. The number of carboxylic acid groups (broad SMARTS) is 2. The van der Waals surface area contributed by atoms with Gasteiger partial charge in [-0.3, -0.25) is 9.59 Å². The highest BCUT2D eigenvalue weighted by Crippen LogP contribution is 2.38. The van der Waals surface area contributed by atoms with Crippen molar-refractivity contribution in [2.75, 3.05) is 63.3 Å². The average molecular weight is 797 g/mol. The Balaban J connectivity index is 0.000000189. The summed E-state index contributed by atoms with van der Waals surface area (Å²) in [5.74, 6) is -4.05. The highest BCUT2D eigenvalue weighted by atomic mass is 19.1. The lowest BCUT2D eigenvalue weighted by Gasteiger charge is -2.19. The summed E-state index contributed by atoms with van der Waals surface area (Å²) in [5.41, 5.74) is 11.3. The van der Waals surface area contributed by atoms with Gasteiger partial charge in [0, 0.05) is 62.5 Å². The van der Waals surface area contributed by atoms with Gasteiger partial charge in [0.15, 0.2) is 23.3 Å². The Morgan fingerprint density at radius 1 is 0.754 bits per heavy atom. The van der Waals surface area contributed by atoms with E-state index in [0.29, 0.717) is 50.7 Å². The van der Waals surface area contributed by atoms with Crippen LogP contribution in [0.25, 0.3) is 22.1 Å². The van der Waals surface area contributed by atoms with Crippen LogP contribution in [-0.2, 0) is 9.68 Å². The molecule has 8 N–H and O–H groups in total. The molecule has 4 aromatic rings. The number of nitrogens with zero attached hydrogens (tertiary/aromatic N) is 8. The van der Waals surface area contributed by atoms with Crippen LogP contribution in [0.15, 0.2) is 44.4 Å². The standard InChI is InChI=1S/2C18H20FN5O4.H2O/c2*1-28-22-14-8-23(6-9(14)5-20)17-13(19)4-11-15(25)12(18(26)27)7-24(10-2-3-10)16(11)21-17;/h2*4,7,9-10H,2-3,5-6,8,20H2,1H3,(H,26,27);1H2/t2*9-;/m00./s1. The first-order chi connectivity index (χ1) is 26.9. The van der Waals surface area contributed by atoms with Gasteiger partial charge in [-0.1, -0.05) is 10.3 Å². The largest absolute Gasteiger partial charge is 0.477 e. The smallest absolute Gasteiger partial charge is 0.341 e. The molecule has 21 heteroatoms. The van der Waals surface area contributed by atoms with E-state index in [2.05, 4.69) is 20.3 Å². The molecule has 2 saturated carbocycles. The Morgan fingerprint density at radius 2 is 1.12 bits per heavy atom. The van der Waals surface area contributed by atoms with Crippen molar-refractivity contribution in [3.8, 4) is 0 Å². The fourth-order valence-corrected chi connectivity index (χ4v) is 7.19. The molecule has 4 aromatic heterocycles. The van der Waals surface area contributed by atoms with Crippen molar-refractivity contribution in [3.05, 3.63) is 67.7 Å². The number of aromatic nitrogens is 4. The molecule has 0 amide bonds. The van der Waals surface area contributed by atoms with Crippen LogP contribution in [0.2, 0.25) is 0 Å². The SMILES string of the molecule is CON=C1CN(c2nc3c(cc2F)c(=O)c(C(=O)O)cn3C2CC2)C[C@@H]1CN.CON=C1CN(c2nc3c(cc2F)c(=O)c(C(=O)O)cn3C2CC2)C[C@@H]1CN.O. The number of oxime groups is 2. The predicted octanol–water partition coefficient (Wildman–Crippen LogP) is 1.11. The van der Waals surface area contributed by atoms with E-state index in [1.54, 1.807) is 18.9 Å². The van der Waals surface area contributed by atoms with Gasteiger partial charge in [0.1, 0.15) is 36.6 Å². The summed E-state index contributed by atoms with van der Waals surface area (Å²) in [5, 5.41) is 26.5. The van der Waals surface area contributed by atoms with Crippen LogP contribution < -0.4 is 32.1 Å². The van der Waals surface area contributed by atoms with Gasteiger partial charge < -0.3 is 55.8 Å². The fraction of sp³-hybridized carbons (Fsp3) is 0.444. The summed E-state index contributed by atoms with van der Waals surface area (Å²) >= 11 is 0. The van der Waals surface area contributed by atoms with Crippen molar-refractivity contribution >= 4 is 57.1 Å². The molecule has 19 nitrogen and oxygen atoms in total. The number of nitrogens with two attached hydrogens (primary N) is 2. The maximum absolute atomic E-state index is 14.9. The molecule has 4 fully saturated rings. The number of fused-ring (bicyclic) bond motifs is 2. The lowest BCUT2D eigenvalue weighted by molar-refractivity contribution is 0.0684. The van der Waals surface area contributed by atoms with E-state index in [1.807, 2.05) is 0 Å². The molecular formula is C36H42F2N10O9. The Hall–Kier alpha value is -6.06. The maximum atomic E-state index is 14.9. The van der Waals surface area contributed by atoms with E-state index < -0.39 is 34.4 Å². The van der Waals surface area contributed by atoms with Crippen LogP contribution in [0.4, 0.5) is 20.4 Å². The van der Waals surface area contributed by atoms with Crippen molar-refractivity contribution in [3.63, 3.8) is 0 Å². The zero-order chi connectivity index (χ0) is 40.0. The van der Waals surface area contributed by atoms with E-state index >= 15 is 0 Å². The molecule has 2 aliphatic carbocycles. The number of rotatable bonds is 10.